The lowest BCUT2D eigenvalue weighted by Crippen LogP contribution is -2.11. The Hall–Kier alpha value is 0. The third kappa shape index (κ3) is 2.88. The average molecular weight is 127 g/mol. The van der Waals surface area contributed by atoms with Gasteiger partial charge in [-0.3, -0.25) is 0 Å². The van der Waals surface area contributed by atoms with E-state index in [1.165, 1.54) is 6.42 Å². The van der Waals surface area contributed by atoms with E-state index < -0.39 is 0 Å². The molecule has 0 heterocycles. The van der Waals surface area contributed by atoms with Gasteiger partial charge in [-0.15, -0.1) is 0 Å². The molecule has 0 heteroatoms. The molecule has 0 N–H and O–H groups in total. The number of hydrogen-bond donors (Lipinski definition) is 0. The topological polar surface area (TPSA) is 0 Å². The van der Waals surface area contributed by atoms with Crippen LogP contribution in [0.4, 0.5) is 0 Å². The van der Waals surface area contributed by atoms with E-state index in [2.05, 4.69) is 34.6 Å². The van der Waals surface area contributed by atoms with Crippen LogP contribution < -0.4 is 0 Å². The van der Waals surface area contributed by atoms with Gasteiger partial charge in [0.05, 0.1) is 0 Å². The summed E-state index contributed by atoms with van der Waals surface area (Å²) in [6.45, 7) is 11.3. The van der Waals surface area contributed by atoms with Crippen molar-refractivity contribution in [3.8, 4) is 0 Å². The molecule has 0 saturated heterocycles. The van der Waals surface area contributed by atoms with Crippen LogP contribution in [0, 0.1) is 17.8 Å². The van der Waals surface area contributed by atoms with Crippen molar-refractivity contribution in [2.24, 2.45) is 11.8 Å². The number of rotatable bonds is 3. The maximum absolute atomic E-state index is 2.32. The standard InChI is InChI=1S/C9H19/c1-6-8(4)9(5)7(2)3/h8-9H,6H2,1-5H3. The van der Waals surface area contributed by atoms with Crippen LogP contribution in [0.5, 0.6) is 0 Å². The van der Waals surface area contributed by atoms with Crippen LogP contribution in [0.1, 0.15) is 41.0 Å². The van der Waals surface area contributed by atoms with Crippen molar-refractivity contribution in [2.75, 3.05) is 0 Å². The minimum Gasteiger partial charge on any atom is -0.0651 e. The Morgan fingerprint density at radius 1 is 1.22 bits per heavy atom. The summed E-state index contributed by atoms with van der Waals surface area (Å²) in [6.07, 6.45) is 1.30. The Morgan fingerprint density at radius 3 is 1.78 bits per heavy atom. The van der Waals surface area contributed by atoms with Gasteiger partial charge in [-0.25, -0.2) is 0 Å². The average Bonchev–Trinajstić information content (AvgIpc) is 1.84. The predicted molar refractivity (Wildman–Crippen MR) is 43.2 cm³/mol. The predicted octanol–water partition coefficient (Wildman–Crippen LogP) is 3.28. The van der Waals surface area contributed by atoms with E-state index in [0.29, 0.717) is 0 Å². The second-order valence-corrected chi connectivity index (χ2v) is 3.25. The lowest BCUT2D eigenvalue weighted by Gasteiger charge is -2.21. The molecule has 0 aliphatic heterocycles. The van der Waals surface area contributed by atoms with Gasteiger partial charge in [-0.05, 0) is 17.8 Å². The largest absolute Gasteiger partial charge is 0.0651 e. The van der Waals surface area contributed by atoms with Crippen molar-refractivity contribution in [1.82, 2.24) is 0 Å². The minimum atomic E-state index is 0.801. The highest BCUT2D eigenvalue weighted by Crippen LogP contribution is 2.23. The van der Waals surface area contributed by atoms with Gasteiger partial charge in [0, 0.05) is 0 Å². The van der Waals surface area contributed by atoms with E-state index in [4.69, 9.17) is 0 Å². The molecular weight excluding hydrogens is 108 g/mol. The first-order valence-corrected chi connectivity index (χ1v) is 3.89. The molecule has 0 amide bonds. The first kappa shape index (κ1) is 9.00. The zero-order valence-electron chi connectivity index (χ0n) is 7.36. The van der Waals surface area contributed by atoms with Crippen molar-refractivity contribution in [3.05, 3.63) is 5.92 Å². The van der Waals surface area contributed by atoms with Gasteiger partial charge in [0.1, 0.15) is 0 Å². The van der Waals surface area contributed by atoms with Gasteiger partial charge in [0.2, 0.25) is 0 Å². The third-order valence-electron chi connectivity index (χ3n) is 2.41. The summed E-state index contributed by atoms with van der Waals surface area (Å²) in [5.74, 6) is 3.22. The van der Waals surface area contributed by atoms with E-state index in [0.717, 1.165) is 11.8 Å². The lowest BCUT2D eigenvalue weighted by molar-refractivity contribution is 0.392. The summed E-state index contributed by atoms with van der Waals surface area (Å²) in [5.41, 5.74) is 0. The summed E-state index contributed by atoms with van der Waals surface area (Å²) in [6, 6.07) is 0. The molecule has 0 fully saturated rings. The fourth-order valence-corrected chi connectivity index (χ4v) is 0.923. The minimum absolute atomic E-state index is 0.801. The monoisotopic (exact) mass is 127 g/mol. The smallest absolute Gasteiger partial charge is 0.0272 e. The zero-order valence-corrected chi connectivity index (χ0v) is 7.36. The van der Waals surface area contributed by atoms with Crippen LogP contribution in [0.3, 0.4) is 0 Å². The van der Waals surface area contributed by atoms with Crippen LogP contribution in [0.25, 0.3) is 0 Å². The Bertz CT molecular complexity index is 64.4. The molecule has 0 aromatic carbocycles. The Labute approximate surface area is 59.7 Å². The Kier molecular flexibility index (Phi) is 3.92. The third-order valence-corrected chi connectivity index (χ3v) is 2.41. The quantitative estimate of drug-likeness (QED) is 0.545. The highest BCUT2D eigenvalue weighted by molar-refractivity contribution is 4.86. The fourth-order valence-electron chi connectivity index (χ4n) is 0.923. The van der Waals surface area contributed by atoms with Gasteiger partial charge < -0.3 is 0 Å². The fraction of sp³-hybridized carbons (Fsp3) is 0.889. The summed E-state index contributed by atoms with van der Waals surface area (Å²) >= 11 is 0. The van der Waals surface area contributed by atoms with Crippen LogP contribution in [-0.2, 0) is 0 Å². The molecule has 55 valence electrons. The molecule has 9 heavy (non-hydrogen) atoms. The van der Waals surface area contributed by atoms with Gasteiger partial charge in [-0.2, -0.15) is 0 Å². The summed E-state index contributed by atoms with van der Waals surface area (Å²) in [4.78, 5) is 0. The first-order valence-electron chi connectivity index (χ1n) is 3.89. The molecule has 0 spiro atoms. The van der Waals surface area contributed by atoms with Crippen molar-refractivity contribution >= 4 is 0 Å². The molecular formula is C9H19. The highest BCUT2D eigenvalue weighted by Gasteiger charge is 2.13. The van der Waals surface area contributed by atoms with Crippen LogP contribution in [0.15, 0.2) is 0 Å². The molecule has 0 bridgehead atoms. The molecule has 0 aliphatic rings. The second-order valence-electron chi connectivity index (χ2n) is 3.25. The number of hydrogen-bond acceptors (Lipinski definition) is 0. The molecule has 0 saturated carbocycles. The van der Waals surface area contributed by atoms with Gasteiger partial charge in [-0.1, -0.05) is 41.0 Å². The zero-order chi connectivity index (χ0) is 7.44. The van der Waals surface area contributed by atoms with E-state index in [1.54, 1.807) is 5.92 Å². The molecule has 0 aromatic rings. The van der Waals surface area contributed by atoms with E-state index in [1.807, 2.05) is 0 Å². The van der Waals surface area contributed by atoms with Gasteiger partial charge >= 0.3 is 0 Å². The van der Waals surface area contributed by atoms with E-state index in [-0.39, 0.29) is 0 Å². The van der Waals surface area contributed by atoms with Crippen molar-refractivity contribution in [3.63, 3.8) is 0 Å². The van der Waals surface area contributed by atoms with Crippen molar-refractivity contribution in [2.45, 2.75) is 41.0 Å². The SMILES string of the molecule is CCC(C)C(C)[C](C)C. The molecule has 0 nitrogen and oxygen atoms in total. The molecule has 1 radical (unpaired) electrons. The molecule has 0 rings (SSSR count). The van der Waals surface area contributed by atoms with E-state index >= 15 is 0 Å². The van der Waals surface area contributed by atoms with Crippen LogP contribution >= 0.6 is 0 Å². The normalized spacial score (nSPS) is 18.0. The van der Waals surface area contributed by atoms with Crippen LogP contribution in [0.2, 0.25) is 0 Å². The maximum atomic E-state index is 2.32. The summed E-state index contributed by atoms with van der Waals surface area (Å²) in [5, 5.41) is 0. The highest BCUT2D eigenvalue weighted by atomic mass is 14.2. The Morgan fingerprint density at radius 2 is 1.67 bits per heavy atom. The first-order chi connectivity index (χ1) is 4.09. The summed E-state index contributed by atoms with van der Waals surface area (Å²) in [7, 11) is 0. The molecule has 0 aromatic heterocycles. The second kappa shape index (κ2) is 3.92. The molecule has 2 atom stereocenters. The van der Waals surface area contributed by atoms with Crippen molar-refractivity contribution in [1.29, 1.82) is 0 Å². The maximum Gasteiger partial charge on any atom is -0.0272 e. The van der Waals surface area contributed by atoms with Gasteiger partial charge in [0.15, 0.2) is 0 Å². The lowest BCUT2D eigenvalue weighted by atomic mass is 9.85. The van der Waals surface area contributed by atoms with E-state index in [9.17, 15) is 0 Å². The molecule has 2 unspecified atom stereocenters. The molecule has 0 aliphatic carbocycles. The van der Waals surface area contributed by atoms with Crippen molar-refractivity contribution < 1.29 is 0 Å². The summed E-state index contributed by atoms with van der Waals surface area (Å²) < 4.78 is 0. The Balaban J connectivity index is 3.58. The van der Waals surface area contributed by atoms with Gasteiger partial charge in [0.25, 0.3) is 0 Å². The van der Waals surface area contributed by atoms with Crippen LogP contribution in [-0.4, -0.2) is 0 Å².